The molecule has 0 bridgehead atoms. The minimum Gasteiger partial charge on any atom is -0.508 e. The lowest BCUT2D eigenvalue weighted by Gasteiger charge is -2.04. The van der Waals surface area contributed by atoms with E-state index in [2.05, 4.69) is 4.98 Å². The first-order valence-corrected chi connectivity index (χ1v) is 5.20. The third-order valence-electron chi connectivity index (χ3n) is 2.63. The molecule has 0 radical (unpaired) electrons. The van der Waals surface area contributed by atoms with Crippen LogP contribution in [0.1, 0.15) is 0 Å². The predicted octanol–water partition coefficient (Wildman–Crippen LogP) is 2.41. The van der Waals surface area contributed by atoms with Crippen molar-refractivity contribution in [1.29, 1.82) is 0 Å². The van der Waals surface area contributed by atoms with Crippen molar-refractivity contribution in [2.45, 2.75) is 0 Å². The molecule has 4 heteroatoms. The van der Waals surface area contributed by atoms with E-state index < -0.39 is 0 Å². The largest absolute Gasteiger partial charge is 0.508 e. The minimum absolute atomic E-state index is 0.123. The van der Waals surface area contributed by atoms with Crippen LogP contribution in [0.3, 0.4) is 0 Å². The summed E-state index contributed by atoms with van der Waals surface area (Å²) in [6.07, 6.45) is 1.68. The Labute approximate surface area is 97.4 Å². The molecule has 3 aromatic rings. The van der Waals surface area contributed by atoms with Crippen LogP contribution in [0.25, 0.3) is 16.9 Å². The molecule has 0 fully saturated rings. The van der Waals surface area contributed by atoms with E-state index in [1.165, 1.54) is 0 Å². The number of hydrogen-bond acceptors (Lipinski definition) is 3. The lowest BCUT2D eigenvalue weighted by Crippen LogP contribution is -1.89. The van der Waals surface area contributed by atoms with Gasteiger partial charge >= 0.3 is 0 Å². The number of pyridine rings is 1. The maximum Gasteiger partial charge on any atom is 0.197 e. The van der Waals surface area contributed by atoms with Crippen LogP contribution in [0, 0.1) is 0 Å². The lowest BCUT2D eigenvalue weighted by molar-refractivity contribution is 0.446. The zero-order valence-electron chi connectivity index (χ0n) is 8.91. The maximum absolute atomic E-state index is 9.83. The highest BCUT2D eigenvalue weighted by Crippen LogP contribution is 2.26. The van der Waals surface area contributed by atoms with Crippen molar-refractivity contribution in [2.75, 3.05) is 0 Å². The highest BCUT2D eigenvalue weighted by atomic mass is 16.3. The van der Waals surface area contributed by atoms with Gasteiger partial charge in [0.25, 0.3) is 0 Å². The third kappa shape index (κ3) is 1.50. The minimum atomic E-state index is 0.123. The van der Waals surface area contributed by atoms with Crippen molar-refractivity contribution in [2.24, 2.45) is 0 Å². The fourth-order valence-corrected chi connectivity index (χ4v) is 1.88. The number of phenolic OH excluding ortho intramolecular Hbond substituents is 1. The van der Waals surface area contributed by atoms with Gasteiger partial charge in [-0.3, -0.25) is 4.40 Å². The van der Waals surface area contributed by atoms with E-state index in [9.17, 15) is 10.2 Å². The van der Waals surface area contributed by atoms with E-state index >= 15 is 0 Å². The van der Waals surface area contributed by atoms with Gasteiger partial charge in [-0.05, 0) is 24.3 Å². The van der Waals surface area contributed by atoms with Gasteiger partial charge in [0, 0.05) is 5.56 Å². The fraction of sp³-hybridized carbons (Fsp3) is 0. The molecule has 17 heavy (non-hydrogen) atoms. The number of imidazole rings is 1. The molecule has 2 heterocycles. The van der Waals surface area contributed by atoms with E-state index in [-0.39, 0.29) is 11.6 Å². The summed E-state index contributed by atoms with van der Waals surface area (Å²) in [5.74, 6) is 0.905. The Morgan fingerprint density at radius 3 is 2.65 bits per heavy atom. The van der Waals surface area contributed by atoms with E-state index in [1.54, 1.807) is 40.9 Å². The quantitative estimate of drug-likeness (QED) is 0.670. The van der Waals surface area contributed by atoms with Gasteiger partial charge in [-0.15, -0.1) is 0 Å². The molecule has 0 amide bonds. The molecule has 0 saturated heterocycles. The summed E-state index contributed by atoms with van der Waals surface area (Å²) < 4.78 is 1.63. The first-order valence-electron chi connectivity index (χ1n) is 5.20. The summed E-state index contributed by atoms with van der Waals surface area (Å²) in [6.45, 7) is 0. The second kappa shape index (κ2) is 3.52. The molecular formula is C13H10N2O2. The molecule has 0 aliphatic carbocycles. The normalized spacial score (nSPS) is 10.8. The molecule has 0 unspecified atom stereocenters. The van der Waals surface area contributed by atoms with Crippen LogP contribution in [-0.2, 0) is 0 Å². The molecular weight excluding hydrogens is 216 g/mol. The van der Waals surface area contributed by atoms with E-state index in [0.29, 0.717) is 5.82 Å². The monoisotopic (exact) mass is 226 g/mol. The fourth-order valence-electron chi connectivity index (χ4n) is 1.88. The van der Waals surface area contributed by atoms with Gasteiger partial charge < -0.3 is 10.2 Å². The van der Waals surface area contributed by atoms with Gasteiger partial charge in [0.15, 0.2) is 5.88 Å². The zero-order chi connectivity index (χ0) is 11.8. The molecule has 0 aliphatic rings. The van der Waals surface area contributed by atoms with Gasteiger partial charge in [-0.25, -0.2) is 4.98 Å². The highest BCUT2D eigenvalue weighted by molar-refractivity contribution is 5.64. The molecule has 0 spiro atoms. The number of aromatic hydroxyl groups is 2. The Balaban J connectivity index is 2.31. The van der Waals surface area contributed by atoms with Crippen LogP contribution in [0.15, 0.2) is 48.7 Å². The molecule has 3 rings (SSSR count). The van der Waals surface area contributed by atoms with Crippen LogP contribution in [0.4, 0.5) is 0 Å². The lowest BCUT2D eigenvalue weighted by atomic mass is 10.2. The molecule has 2 aromatic heterocycles. The highest BCUT2D eigenvalue weighted by Gasteiger charge is 2.09. The summed E-state index contributed by atoms with van der Waals surface area (Å²) in [6, 6.07) is 12.0. The molecule has 0 aliphatic heterocycles. The molecule has 4 nitrogen and oxygen atoms in total. The van der Waals surface area contributed by atoms with Crippen molar-refractivity contribution < 1.29 is 10.2 Å². The van der Waals surface area contributed by atoms with Crippen molar-refractivity contribution in [3.05, 3.63) is 48.7 Å². The van der Waals surface area contributed by atoms with Gasteiger partial charge in [-0.1, -0.05) is 18.2 Å². The van der Waals surface area contributed by atoms with Crippen molar-refractivity contribution in [3.63, 3.8) is 0 Å². The molecule has 84 valence electrons. The first-order chi connectivity index (χ1) is 8.25. The number of phenols is 1. The topological polar surface area (TPSA) is 57.8 Å². The van der Waals surface area contributed by atoms with Crippen LogP contribution >= 0.6 is 0 Å². The van der Waals surface area contributed by atoms with Gasteiger partial charge in [-0.2, -0.15) is 0 Å². The number of rotatable bonds is 1. The average molecular weight is 226 g/mol. The third-order valence-corrected chi connectivity index (χ3v) is 2.63. The Morgan fingerprint density at radius 2 is 1.82 bits per heavy atom. The summed E-state index contributed by atoms with van der Waals surface area (Å²) in [4.78, 5) is 4.26. The number of benzene rings is 1. The number of fused-ring (bicyclic) bond motifs is 1. The number of nitrogens with zero attached hydrogens (tertiary/aromatic N) is 2. The molecule has 1 aromatic carbocycles. The van der Waals surface area contributed by atoms with E-state index in [1.807, 2.05) is 12.1 Å². The van der Waals surface area contributed by atoms with Gasteiger partial charge in [0.05, 0.1) is 11.7 Å². The summed E-state index contributed by atoms with van der Waals surface area (Å²) in [5, 5.41) is 19.3. The molecule has 2 N–H and O–H groups in total. The first kappa shape index (κ1) is 9.72. The molecule has 0 atom stereocenters. The Kier molecular flexibility index (Phi) is 2.01. The predicted molar refractivity (Wildman–Crippen MR) is 64.0 cm³/mol. The van der Waals surface area contributed by atoms with Crippen molar-refractivity contribution in [3.8, 4) is 23.0 Å². The number of aromatic nitrogens is 2. The van der Waals surface area contributed by atoms with Crippen LogP contribution < -0.4 is 0 Å². The Hall–Kier alpha value is -2.49. The average Bonchev–Trinajstić information content (AvgIpc) is 2.74. The van der Waals surface area contributed by atoms with E-state index in [0.717, 1.165) is 11.1 Å². The summed E-state index contributed by atoms with van der Waals surface area (Å²) >= 11 is 0. The number of hydrogen-bond donors (Lipinski definition) is 2. The maximum atomic E-state index is 9.83. The second-order valence-corrected chi connectivity index (χ2v) is 3.78. The van der Waals surface area contributed by atoms with Crippen molar-refractivity contribution in [1.82, 2.24) is 9.38 Å². The van der Waals surface area contributed by atoms with Crippen molar-refractivity contribution >= 4 is 5.52 Å². The van der Waals surface area contributed by atoms with E-state index in [4.69, 9.17) is 0 Å². The van der Waals surface area contributed by atoms with Gasteiger partial charge in [0.1, 0.15) is 11.6 Å². The van der Waals surface area contributed by atoms with Crippen LogP contribution in [0.5, 0.6) is 11.6 Å². The smallest absolute Gasteiger partial charge is 0.197 e. The van der Waals surface area contributed by atoms with Crippen LogP contribution in [0.2, 0.25) is 0 Å². The summed E-state index contributed by atoms with van der Waals surface area (Å²) in [5.41, 5.74) is 1.56. The Bertz CT molecular complexity index is 689. The standard InChI is InChI=1S/C13H10N2O2/c16-11-5-1-3-9(7-11)13-14-8-10-4-2-6-12(17)15(10)13/h1-8,16-17H. The SMILES string of the molecule is Oc1cccc(-c2ncc3cccc(O)n23)c1. The summed E-state index contributed by atoms with van der Waals surface area (Å²) in [7, 11) is 0. The second-order valence-electron chi connectivity index (χ2n) is 3.78. The van der Waals surface area contributed by atoms with Crippen LogP contribution in [-0.4, -0.2) is 19.6 Å². The molecule has 0 saturated carbocycles. The Morgan fingerprint density at radius 1 is 1.00 bits per heavy atom. The van der Waals surface area contributed by atoms with Gasteiger partial charge in [0.2, 0.25) is 0 Å². The zero-order valence-corrected chi connectivity index (χ0v) is 8.91.